The van der Waals surface area contributed by atoms with Crippen molar-refractivity contribution in [2.24, 2.45) is 0 Å². The van der Waals surface area contributed by atoms with Crippen LogP contribution in [0.4, 0.5) is 0 Å². The van der Waals surface area contributed by atoms with Crippen LogP contribution in [0.1, 0.15) is 23.6 Å². The molecule has 148 valence electrons. The van der Waals surface area contributed by atoms with E-state index in [-0.39, 0.29) is 29.0 Å². The molecular weight excluding hydrogens is 378 g/mol. The summed E-state index contributed by atoms with van der Waals surface area (Å²) in [6, 6.07) is 11.0. The fourth-order valence-electron chi connectivity index (χ4n) is 3.01. The first-order valence-electron chi connectivity index (χ1n) is 8.88. The third-order valence-electron chi connectivity index (χ3n) is 4.46. The Balaban J connectivity index is 1.76. The molecule has 0 radical (unpaired) electrons. The van der Waals surface area contributed by atoms with Gasteiger partial charge in [-0.25, -0.2) is 0 Å². The lowest BCUT2D eigenvalue weighted by atomic mass is 10.1. The first kappa shape index (κ1) is 20.0. The predicted octanol–water partition coefficient (Wildman–Crippen LogP) is 2.38. The molecule has 2 heterocycles. The fraction of sp³-hybridized carbons (Fsp3) is 0.350. The molecule has 7 nitrogen and oxygen atoms in total. The van der Waals surface area contributed by atoms with Gasteiger partial charge < -0.3 is 19.7 Å². The predicted molar refractivity (Wildman–Crippen MR) is 107 cm³/mol. The number of carbonyl (C=O) groups is 2. The minimum atomic E-state index is -0.326. The number of methoxy groups -OCH3 is 2. The van der Waals surface area contributed by atoms with Gasteiger partial charge in [-0.05, 0) is 37.3 Å². The van der Waals surface area contributed by atoms with Crippen LogP contribution in [0.5, 0.6) is 11.5 Å². The molecule has 0 spiro atoms. The van der Waals surface area contributed by atoms with E-state index >= 15 is 0 Å². The van der Waals surface area contributed by atoms with E-state index in [0.29, 0.717) is 18.0 Å². The van der Waals surface area contributed by atoms with Gasteiger partial charge in [0, 0.05) is 11.8 Å². The van der Waals surface area contributed by atoms with Crippen molar-refractivity contribution in [1.82, 2.24) is 15.2 Å². The Labute approximate surface area is 168 Å². The summed E-state index contributed by atoms with van der Waals surface area (Å²) in [5.41, 5.74) is 1.57. The number of pyridine rings is 1. The average Bonchev–Trinajstić information content (AvgIpc) is 3.00. The molecule has 2 amide bonds. The van der Waals surface area contributed by atoms with Crippen LogP contribution in [-0.4, -0.2) is 47.7 Å². The van der Waals surface area contributed by atoms with Gasteiger partial charge in [-0.15, -0.1) is 11.8 Å². The molecule has 1 aliphatic rings. The Bertz CT molecular complexity index is 847. The Kier molecular flexibility index (Phi) is 6.41. The number of benzene rings is 1. The molecule has 2 unspecified atom stereocenters. The molecule has 0 bridgehead atoms. The van der Waals surface area contributed by atoms with Crippen LogP contribution in [0.25, 0.3) is 0 Å². The number of hydrogen-bond donors (Lipinski definition) is 1. The van der Waals surface area contributed by atoms with E-state index in [0.717, 1.165) is 11.3 Å². The second kappa shape index (κ2) is 8.97. The van der Waals surface area contributed by atoms with Crippen LogP contribution in [0.15, 0.2) is 42.6 Å². The SMILES string of the molecule is COc1ccc(OC)c(C2SC(C)C(=O)N2CC(=O)NCc2ccccn2)c1. The summed E-state index contributed by atoms with van der Waals surface area (Å²) < 4.78 is 10.8. The summed E-state index contributed by atoms with van der Waals surface area (Å²) in [5.74, 6) is 1.01. The molecule has 1 aliphatic heterocycles. The first-order valence-corrected chi connectivity index (χ1v) is 9.82. The van der Waals surface area contributed by atoms with Crippen molar-refractivity contribution in [2.75, 3.05) is 20.8 Å². The second-order valence-electron chi connectivity index (χ2n) is 6.30. The number of ether oxygens (including phenoxy) is 2. The number of nitrogens with one attached hydrogen (secondary N) is 1. The van der Waals surface area contributed by atoms with Gasteiger partial charge in [-0.2, -0.15) is 0 Å². The molecule has 1 fully saturated rings. The van der Waals surface area contributed by atoms with Crippen LogP contribution in [-0.2, 0) is 16.1 Å². The van der Waals surface area contributed by atoms with Crippen LogP contribution in [0, 0.1) is 0 Å². The Morgan fingerprint density at radius 2 is 2.07 bits per heavy atom. The van der Waals surface area contributed by atoms with Gasteiger partial charge in [-0.1, -0.05) is 6.07 Å². The zero-order valence-corrected chi connectivity index (χ0v) is 16.9. The van der Waals surface area contributed by atoms with Crippen molar-refractivity contribution < 1.29 is 19.1 Å². The zero-order chi connectivity index (χ0) is 20.1. The number of amides is 2. The van der Waals surface area contributed by atoms with Crippen LogP contribution >= 0.6 is 11.8 Å². The summed E-state index contributed by atoms with van der Waals surface area (Å²) >= 11 is 1.49. The van der Waals surface area contributed by atoms with Crippen LogP contribution < -0.4 is 14.8 Å². The van der Waals surface area contributed by atoms with Gasteiger partial charge in [0.05, 0.1) is 31.7 Å². The third-order valence-corrected chi connectivity index (χ3v) is 5.83. The molecule has 3 rings (SSSR count). The van der Waals surface area contributed by atoms with E-state index in [1.165, 1.54) is 11.8 Å². The normalized spacial score (nSPS) is 18.8. The zero-order valence-electron chi connectivity index (χ0n) is 16.0. The molecule has 1 aromatic heterocycles. The molecule has 1 saturated heterocycles. The number of rotatable bonds is 7. The van der Waals surface area contributed by atoms with Gasteiger partial charge in [0.2, 0.25) is 11.8 Å². The maximum Gasteiger partial charge on any atom is 0.240 e. The minimum absolute atomic E-state index is 0.0337. The molecule has 0 aliphatic carbocycles. The van der Waals surface area contributed by atoms with E-state index < -0.39 is 0 Å². The third kappa shape index (κ3) is 4.39. The van der Waals surface area contributed by atoms with E-state index in [1.807, 2.05) is 37.3 Å². The lowest BCUT2D eigenvalue weighted by Crippen LogP contribution is -2.40. The van der Waals surface area contributed by atoms with Gasteiger partial charge in [0.15, 0.2) is 0 Å². The smallest absolute Gasteiger partial charge is 0.240 e. The van der Waals surface area contributed by atoms with Crippen molar-refractivity contribution in [3.63, 3.8) is 0 Å². The summed E-state index contributed by atoms with van der Waals surface area (Å²) in [6.45, 7) is 2.13. The summed E-state index contributed by atoms with van der Waals surface area (Å²) in [4.78, 5) is 30.9. The number of carbonyl (C=O) groups excluding carboxylic acids is 2. The maximum atomic E-state index is 12.7. The number of nitrogens with zero attached hydrogens (tertiary/aromatic N) is 2. The number of hydrogen-bond acceptors (Lipinski definition) is 6. The number of thioether (sulfide) groups is 1. The minimum Gasteiger partial charge on any atom is -0.497 e. The Morgan fingerprint density at radius 3 is 2.75 bits per heavy atom. The lowest BCUT2D eigenvalue weighted by Gasteiger charge is -2.25. The average molecular weight is 401 g/mol. The highest BCUT2D eigenvalue weighted by Gasteiger charge is 2.40. The highest BCUT2D eigenvalue weighted by Crippen LogP contribution is 2.46. The van der Waals surface area contributed by atoms with E-state index in [9.17, 15) is 9.59 Å². The van der Waals surface area contributed by atoms with Crippen molar-refractivity contribution in [3.8, 4) is 11.5 Å². The van der Waals surface area contributed by atoms with Gasteiger partial charge in [-0.3, -0.25) is 14.6 Å². The molecule has 1 N–H and O–H groups in total. The monoisotopic (exact) mass is 401 g/mol. The standard InChI is InChI=1S/C20H23N3O4S/c1-13-19(25)23(12-18(24)22-11-14-6-4-5-9-21-14)20(28-13)16-10-15(26-2)7-8-17(16)27-3/h4-10,13,20H,11-12H2,1-3H3,(H,22,24). The highest BCUT2D eigenvalue weighted by atomic mass is 32.2. The van der Waals surface area contributed by atoms with E-state index in [1.54, 1.807) is 31.4 Å². The summed E-state index contributed by atoms with van der Waals surface area (Å²) in [6.07, 6.45) is 1.68. The van der Waals surface area contributed by atoms with E-state index in [2.05, 4.69) is 10.3 Å². The van der Waals surface area contributed by atoms with Gasteiger partial charge >= 0.3 is 0 Å². The maximum absolute atomic E-state index is 12.7. The number of aromatic nitrogens is 1. The van der Waals surface area contributed by atoms with Crippen LogP contribution in [0.3, 0.4) is 0 Å². The first-order chi connectivity index (χ1) is 13.5. The molecule has 0 saturated carbocycles. The quantitative estimate of drug-likeness (QED) is 0.767. The molecule has 2 aromatic rings. The lowest BCUT2D eigenvalue weighted by molar-refractivity contribution is -0.135. The van der Waals surface area contributed by atoms with Crippen LogP contribution in [0.2, 0.25) is 0 Å². The Hall–Kier alpha value is -2.74. The van der Waals surface area contributed by atoms with Gasteiger partial charge in [0.1, 0.15) is 23.4 Å². The highest BCUT2D eigenvalue weighted by molar-refractivity contribution is 8.01. The van der Waals surface area contributed by atoms with Crippen molar-refractivity contribution in [1.29, 1.82) is 0 Å². The molecule has 1 aromatic carbocycles. The molecule has 8 heteroatoms. The van der Waals surface area contributed by atoms with Crippen molar-refractivity contribution >= 4 is 23.6 Å². The van der Waals surface area contributed by atoms with E-state index in [4.69, 9.17) is 9.47 Å². The molecular formula is C20H23N3O4S. The second-order valence-corrected chi connectivity index (χ2v) is 7.73. The molecule has 28 heavy (non-hydrogen) atoms. The summed E-state index contributed by atoms with van der Waals surface area (Å²) in [7, 11) is 3.17. The molecule has 2 atom stereocenters. The van der Waals surface area contributed by atoms with Gasteiger partial charge in [0.25, 0.3) is 0 Å². The van der Waals surface area contributed by atoms with Crippen molar-refractivity contribution in [3.05, 3.63) is 53.9 Å². The van der Waals surface area contributed by atoms with Crippen molar-refractivity contribution in [2.45, 2.75) is 24.1 Å². The largest absolute Gasteiger partial charge is 0.497 e. The summed E-state index contributed by atoms with van der Waals surface area (Å²) in [5, 5.41) is 2.25. The Morgan fingerprint density at radius 1 is 1.25 bits per heavy atom. The fourth-order valence-corrected chi connectivity index (χ4v) is 4.31. The topological polar surface area (TPSA) is 80.8 Å².